The van der Waals surface area contributed by atoms with Crippen molar-refractivity contribution >= 4 is 17.6 Å². The van der Waals surface area contributed by atoms with Crippen molar-refractivity contribution in [2.75, 3.05) is 37.0 Å². The fourth-order valence-corrected chi connectivity index (χ4v) is 4.37. The number of amides is 1. The number of alkyl halides is 1. The summed E-state index contributed by atoms with van der Waals surface area (Å²) in [5.74, 6) is 0.919. The number of hydrogen-bond acceptors (Lipinski definition) is 10. The zero-order valence-corrected chi connectivity index (χ0v) is 21.1. The maximum Gasteiger partial charge on any atom is 0.410 e. The Morgan fingerprint density at radius 2 is 2.14 bits per heavy atom. The molecule has 2 aromatic rings. The lowest BCUT2D eigenvalue weighted by molar-refractivity contribution is -0.0905. The average molecular weight is 504 g/mol. The third-order valence-corrected chi connectivity index (χ3v) is 5.88. The van der Waals surface area contributed by atoms with E-state index < -0.39 is 30.4 Å². The number of likely N-dealkylation sites (tertiary alicyclic amines) is 1. The van der Waals surface area contributed by atoms with E-state index in [1.54, 1.807) is 34.3 Å². The molecule has 36 heavy (non-hydrogen) atoms. The van der Waals surface area contributed by atoms with Crippen LogP contribution in [0.5, 0.6) is 5.88 Å². The number of morpholine rings is 1. The second-order valence-corrected chi connectivity index (χ2v) is 9.73. The number of carbonyl (C=O) groups is 1. The van der Waals surface area contributed by atoms with Gasteiger partial charge in [0.15, 0.2) is 12.5 Å². The molecule has 4 heterocycles. The Bertz CT molecular complexity index is 1010. The summed E-state index contributed by atoms with van der Waals surface area (Å²) >= 11 is 0. The van der Waals surface area contributed by atoms with Crippen molar-refractivity contribution in [1.29, 1.82) is 0 Å². The molecule has 0 spiro atoms. The molecule has 4 rings (SSSR count). The zero-order valence-electron chi connectivity index (χ0n) is 21.1. The van der Waals surface area contributed by atoms with Crippen LogP contribution in [0.2, 0.25) is 0 Å². The summed E-state index contributed by atoms with van der Waals surface area (Å²) in [4.78, 5) is 28.8. The molecule has 11 nitrogen and oxygen atoms in total. The number of nitrogens with one attached hydrogen (secondary N) is 2. The van der Waals surface area contributed by atoms with Crippen molar-refractivity contribution in [2.45, 2.75) is 64.0 Å². The molecular formula is C24H34FN7O4. The van der Waals surface area contributed by atoms with Gasteiger partial charge in [-0.15, -0.1) is 0 Å². The Morgan fingerprint density at radius 1 is 1.31 bits per heavy atom. The molecule has 0 saturated carbocycles. The van der Waals surface area contributed by atoms with Gasteiger partial charge in [0.2, 0.25) is 5.88 Å². The van der Waals surface area contributed by atoms with Gasteiger partial charge < -0.3 is 29.3 Å². The number of anilines is 2. The molecule has 2 aliphatic rings. The van der Waals surface area contributed by atoms with Crippen LogP contribution in [-0.4, -0.2) is 83.1 Å². The summed E-state index contributed by atoms with van der Waals surface area (Å²) < 4.78 is 32.5. The lowest BCUT2D eigenvalue weighted by Crippen LogP contribution is -2.64. The second-order valence-electron chi connectivity index (χ2n) is 9.73. The van der Waals surface area contributed by atoms with Crippen LogP contribution in [0, 0.1) is 0 Å². The first-order chi connectivity index (χ1) is 17.2. The Labute approximate surface area is 210 Å². The molecule has 2 fully saturated rings. The predicted molar refractivity (Wildman–Crippen MR) is 131 cm³/mol. The van der Waals surface area contributed by atoms with Gasteiger partial charge in [-0.25, -0.2) is 24.1 Å². The van der Waals surface area contributed by atoms with Crippen LogP contribution in [0.15, 0.2) is 36.9 Å². The Hall–Kier alpha value is -3.25. The lowest BCUT2D eigenvalue weighted by atomic mass is 10.0. The maximum absolute atomic E-state index is 15.4. The molecule has 2 aliphatic heterocycles. The molecule has 4 unspecified atom stereocenters. The van der Waals surface area contributed by atoms with Crippen LogP contribution in [0.3, 0.4) is 0 Å². The van der Waals surface area contributed by atoms with E-state index in [9.17, 15) is 4.79 Å². The van der Waals surface area contributed by atoms with E-state index in [2.05, 4.69) is 25.6 Å². The first-order valence-corrected chi connectivity index (χ1v) is 12.1. The number of piperidine rings is 1. The SMILES string of the molecule is COc1ncccc1NC1CNC(F)C(N(c2ccncn2)C2CCCN(C(=O)OC(C)(C)C)C2)O1. The van der Waals surface area contributed by atoms with Gasteiger partial charge >= 0.3 is 6.09 Å². The Morgan fingerprint density at radius 3 is 2.86 bits per heavy atom. The zero-order chi connectivity index (χ0) is 25.7. The molecule has 2 saturated heterocycles. The van der Waals surface area contributed by atoms with E-state index in [1.165, 1.54) is 13.4 Å². The van der Waals surface area contributed by atoms with Crippen molar-refractivity contribution < 1.29 is 23.4 Å². The van der Waals surface area contributed by atoms with Crippen molar-refractivity contribution in [3.63, 3.8) is 0 Å². The van der Waals surface area contributed by atoms with Crippen molar-refractivity contribution in [3.8, 4) is 5.88 Å². The highest BCUT2D eigenvalue weighted by Gasteiger charge is 2.41. The van der Waals surface area contributed by atoms with Gasteiger partial charge in [-0.1, -0.05) is 0 Å². The average Bonchev–Trinajstić information content (AvgIpc) is 2.86. The van der Waals surface area contributed by atoms with Gasteiger partial charge in [0, 0.05) is 32.0 Å². The first-order valence-electron chi connectivity index (χ1n) is 12.1. The van der Waals surface area contributed by atoms with Crippen LogP contribution in [0.25, 0.3) is 0 Å². The Kier molecular flexibility index (Phi) is 8.04. The highest BCUT2D eigenvalue weighted by molar-refractivity contribution is 5.68. The molecule has 0 aromatic carbocycles. The third-order valence-electron chi connectivity index (χ3n) is 5.88. The normalized spacial score (nSPS) is 24.6. The van der Waals surface area contributed by atoms with Crippen LogP contribution in [-0.2, 0) is 9.47 Å². The number of methoxy groups -OCH3 is 1. The van der Waals surface area contributed by atoms with Crippen LogP contribution < -0.4 is 20.3 Å². The molecular weight excluding hydrogens is 469 g/mol. The van der Waals surface area contributed by atoms with Gasteiger partial charge in [-0.2, -0.15) is 0 Å². The molecule has 0 bridgehead atoms. The molecule has 2 aromatic heterocycles. The largest absolute Gasteiger partial charge is 0.480 e. The topological polar surface area (TPSA) is 114 Å². The summed E-state index contributed by atoms with van der Waals surface area (Å²) in [6, 6.07) is 5.05. The summed E-state index contributed by atoms with van der Waals surface area (Å²) in [6.45, 7) is 6.64. The molecule has 1 amide bonds. The fourth-order valence-electron chi connectivity index (χ4n) is 4.37. The van der Waals surface area contributed by atoms with Gasteiger partial charge in [-0.3, -0.25) is 5.32 Å². The van der Waals surface area contributed by atoms with Crippen molar-refractivity contribution in [2.24, 2.45) is 0 Å². The first kappa shape index (κ1) is 25.8. The number of hydrogen-bond donors (Lipinski definition) is 2. The highest BCUT2D eigenvalue weighted by atomic mass is 19.1. The summed E-state index contributed by atoms with van der Waals surface area (Å²) in [7, 11) is 1.53. The minimum absolute atomic E-state index is 0.224. The number of aromatic nitrogens is 3. The molecule has 2 N–H and O–H groups in total. The maximum atomic E-state index is 15.4. The van der Waals surface area contributed by atoms with E-state index in [-0.39, 0.29) is 12.6 Å². The van der Waals surface area contributed by atoms with Crippen LogP contribution in [0.4, 0.5) is 20.7 Å². The highest BCUT2D eigenvalue weighted by Crippen LogP contribution is 2.30. The number of rotatable bonds is 6. The second kappa shape index (κ2) is 11.2. The molecule has 196 valence electrons. The summed E-state index contributed by atoms with van der Waals surface area (Å²) in [6.07, 6.45) is 2.62. The van der Waals surface area contributed by atoms with E-state index in [0.29, 0.717) is 30.5 Å². The number of halogens is 1. The van der Waals surface area contributed by atoms with E-state index in [0.717, 1.165) is 12.8 Å². The smallest absolute Gasteiger partial charge is 0.410 e. The lowest BCUT2D eigenvalue weighted by Gasteiger charge is -2.46. The Balaban J connectivity index is 1.56. The standard InChI is InChI=1S/C24H34FN7O4/c1-24(2,3)36-23(33)31-12-6-7-16(14-31)32(18-9-11-26-15-29-18)22-20(25)28-13-19(35-22)30-17-8-5-10-27-21(17)34-4/h5,8-11,15-16,19-20,22,28,30H,6-7,12-14H2,1-4H3. The molecule has 4 atom stereocenters. The van der Waals surface area contributed by atoms with Gasteiger partial charge in [0.1, 0.15) is 24.0 Å². The summed E-state index contributed by atoms with van der Waals surface area (Å²) in [5.41, 5.74) is 0.0217. The predicted octanol–water partition coefficient (Wildman–Crippen LogP) is 2.77. The van der Waals surface area contributed by atoms with Crippen LogP contribution >= 0.6 is 0 Å². The number of nitrogens with zero attached hydrogens (tertiary/aromatic N) is 5. The van der Waals surface area contributed by atoms with E-state index in [4.69, 9.17) is 14.2 Å². The minimum Gasteiger partial charge on any atom is -0.480 e. The van der Waals surface area contributed by atoms with Crippen molar-refractivity contribution in [1.82, 2.24) is 25.2 Å². The van der Waals surface area contributed by atoms with Gasteiger partial charge in [0.05, 0.1) is 18.8 Å². The van der Waals surface area contributed by atoms with Gasteiger partial charge in [0.25, 0.3) is 0 Å². The number of pyridine rings is 1. The fraction of sp³-hybridized carbons (Fsp3) is 0.583. The van der Waals surface area contributed by atoms with Crippen LogP contribution in [0.1, 0.15) is 33.6 Å². The number of carbonyl (C=O) groups excluding carboxylic acids is 1. The molecule has 0 aliphatic carbocycles. The number of ether oxygens (including phenoxy) is 3. The third kappa shape index (κ3) is 6.30. The van der Waals surface area contributed by atoms with Crippen molar-refractivity contribution in [3.05, 3.63) is 36.9 Å². The molecule has 0 radical (unpaired) electrons. The monoisotopic (exact) mass is 503 g/mol. The van der Waals surface area contributed by atoms with E-state index >= 15 is 4.39 Å². The summed E-state index contributed by atoms with van der Waals surface area (Å²) in [5, 5.41) is 6.12. The van der Waals surface area contributed by atoms with Gasteiger partial charge in [-0.05, 0) is 51.8 Å². The molecule has 12 heteroatoms. The quantitative estimate of drug-likeness (QED) is 0.571. The van der Waals surface area contributed by atoms with E-state index in [1.807, 2.05) is 26.8 Å². The minimum atomic E-state index is -1.49.